The van der Waals surface area contributed by atoms with Gasteiger partial charge in [0.1, 0.15) is 6.10 Å². The number of carbonyl (C=O) groups is 1. The topological polar surface area (TPSA) is 75.3 Å². The fourth-order valence-corrected chi connectivity index (χ4v) is 1.29. The molecule has 0 fully saturated rings. The third-order valence-electron chi connectivity index (χ3n) is 1.90. The molecule has 0 amide bonds. The van der Waals surface area contributed by atoms with E-state index in [0.29, 0.717) is 5.69 Å². The Morgan fingerprint density at radius 3 is 2.79 bits per heavy atom. The van der Waals surface area contributed by atoms with Crippen LogP contribution in [0.25, 0.3) is 0 Å². The predicted octanol–water partition coefficient (Wildman–Crippen LogP) is 0.972. The van der Waals surface area contributed by atoms with Crippen LogP contribution in [0.4, 0.5) is 0 Å². The standard InChI is InChI=1S/C9H14N2O3/c1-6(2)11-7(3-4-10-11)8(12)5-9(13)14/h3-4,6,8,12H,5H2,1-2H3,(H,13,14)/t8-/m0/s1. The van der Waals surface area contributed by atoms with Crippen LogP contribution >= 0.6 is 0 Å². The van der Waals surface area contributed by atoms with Gasteiger partial charge in [-0.15, -0.1) is 0 Å². The first-order valence-corrected chi connectivity index (χ1v) is 4.45. The highest BCUT2D eigenvalue weighted by Crippen LogP contribution is 2.18. The van der Waals surface area contributed by atoms with E-state index in [9.17, 15) is 9.90 Å². The molecule has 1 rings (SSSR count). The van der Waals surface area contributed by atoms with Gasteiger partial charge in [0, 0.05) is 12.2 Å². The molecule has 0 aliphatic rings. The summed E-state index contributed by atoms with van der Waals surface area (Å²) in [6.07, 6.45) is 0.274. The van der Waals surface area contributed by atoms with Gasteiger partial charge in [0.15, 0.2) is 0 Å². The Morgan fingerprint density at radius 2 is 2.29 bits per heavy atom. The van der Waals surface area contributed by atoms with Crippen LogP contribution in [0.2, 0.25) is 0 Å². The number of aliphatic hydroxyl groups is 1. The monoisotopic (exact) mass is 198 g/mol. The molecule has 0 saturated heterocycles. The zero-order valence-electron chi connectivity index (χ0n) is 8.21. The van der Waals surface area contributed by atoms with Crippen molar-refractivity contribution in [2.24, 2.45) is 0 Å². The number of hydrogen-bond donors (Lipinski definition) is 2. The fraction of sp³-hybridized carbons (Fsp3) is 0.556. The molecule has 1 atom stereocenters. The molecular weight excluding hydrogens is 184 g/mol. The largest absolute Gasteiger partial charge is 0.481 e. The number of carboxylic acid groups (broad SMARTS) is 1. The molecule has 1 aromatic heterocycles. The van der Waals surface area contributed by atoms with Crippen LogP contribution in [0.15, 0.2) is 12.3 Å². The number of aromatic nitrogens is 2. The first kappa shape index (κ1) is 10.7. The molecule has 0 radical (unpaired) electrons. The van der Waals surface area contributed by atoms with E-state index in [4.69, 9.17) is 5.11 Å². The van der Waals surface area contributed by atoms with Gasteiger partial charge in [-0.3, -0.25) is 9.48 Å². The van der Waals surface area contributed by atoms with E-state index in [-0.39, 0.29) is 12.5 Å². The molecule has 0 unspecified atom stereocenters. The van der Waals surface area contributed by atoms with Gasteiger partial charge in [-0.2, -0.15) is 5.10 Å². The number of aliphatic carboxylic acids is 1. The van der Waals surface area contributed by atoms with Crippen LogP contribution in [-0.4, -0.2) is 26.0 Å². The van der Waals surface area contributed by atoms with Gasteiger partial charge in [-0.05, 0) is 19.9 Å². The van der Waals surface area contributed by atoms with Crippen LogP contribution in [-0.2, 0) is 4.79 Å². The summed E-state index contributed by atoms with van der Waals surface area (Å²) in [4.78, 5) is 10.4. The number of nitrogens with zero attached hydrogens (tertiary/aromatic N) is 2. The second kappa shape index (κ2) is 4.23. The minimum atomic E-state index is -1.02. The number of hydrogen-bond acceptors (Lipinski definition) is 3. The Hall–Kier alpha value is -1.36. The minimum absolute atomic E-state index is 0.114. The lowest BCUT2D eigenvalue weighted by atomic mass is 10.2. The molecule has 0 aliphatic heterocycles. The van der Waals surface area contributed by atoms with Crippen molar-refractivity contribution < 1.29 is 15.0 Å². The first-order valence-electron chi connectivity index (χ1n) is 4.45. The van der Waals surface area contributed by atoms with Crippen molar-refractivity contribution in [3.05, 3.63) is 18.0 Å². The predicted molar refractivity (Wildman–Crippen MR) is 49.8 cm³/mol. The Kier molecular flexibility index (Phi) is 3.24. The number of rotatable bonds is 4. The van der Waals surface area contributed by atoms with E-state index in [2.05, 4.69) is 5.10 Å². The quantitative estimate of drug-likeness (QED) is 0.756. The maximum atomic E-state index is 10.4. The molecule has 2 N–H and O–H groups in total. The normalized spacial score (nSPS) is 13.1. The van der Waals surface area contributed by atoms with Crippen LogP contribution in [0, 0.1) is 0 Å². The first-order chi connectivity index (χ1) is 6.52. The lowest BCUT2D eigenvalue weighted by molar-refractivity contribution is -0.139. The van der Waals surface area contributed by atoms with Crippen molar-refractivity contribution >= 4 is 5.97 Å². The average Bonchev–Trinajstić information content (AvgIpc) is 2.49. The molecule has 0 bridgehead atoms. The van der Waals surface area contributed by atoms with Crippen molar-refractivity contribution in [2.75, 3.05) is 0 Å². The van der Waals surface area contributed by atoms with Gasteiger partial charge in [0.05, 0.1) is 12.1 Å². The summed E-state index contributed by atoms with van der Waals surface area (Å²) in [5.41, 5.74) is 0.544. The maximum absolute atomic E-state index is 10.4. The summed E-state index contributed by atoms with van der Waals surface area (Å²) in [6.45, 7) is 3.84. The Balaban J connectivity index is 2.83. The van der Waals surface area contributed by atoms with Crippen molar-refractivity contribution in [3.63, 3.8) is 0 Å². The fourth-order valence-electron chi connectivity index (χ4n) is 1.29. The smallest absolute Gasteiger partial charge is 0.306 e. The third-order valence-corrected chi connectivity index (χ3v) is 1.90. The lowest BCUT2D eigenvalue weighted by Crippen LogP contribution is -2.13. The Labute approximate surface area is 82.0 Å². The van der Waals surface area contributed by atoms with E-state index in [1.807, 2.05) is 13.8 Å². The number of aliphatic hydroxyl groups excluding tert-OH is 1. The van der Waals surface area contributed by atoms with E-state index >= 15 is 0 Å². The molecule has 1 heterocycles. The SMILES string of the molecule is CC(C)n1nccc1[C@@H](O)CC(=O)O. The third kappa shape index (κ3) is 2.32. The van der Waals surface area contributed by atoms with Crippen LogP contribution < -0.4 is 0 Å². The molecular formula is C9H14N2O3. The summed E-state index contributed by atoms with van der Waals surface area (Å²) in [7, 11) is 0. The van der Waals surface area contributed by atoms with E-state index < -0.39 is 12.1 Å². The Bertz CT molecular complexity index is 320. The van der Waals surface area contributed by atoms with Gasteiger partial charge in [-0.25, -0.2) is 0 Å². The molecule has 14 heavy (non-hydrogen) atoms. The molecule has 78 valence electrons. The zero-order chi connectivity index (χ0) is 10.7. The van der Waals surface area contributed by atoms with Crippen LogP contribution in [0.5, 0.6) is 0 Å². The van der Waals surface area contributed by atoms with E-state index in [1.165, 1.54) is 0 Å². The van der Waals surface area contributed by atoms with Gasteiger partial charge < -0.3 is 10.2 Å². The van der Waals surface area contributed by atoms with Crippen LogP contribution in [0.1, 0.15) is 38.1 Å². The van der Waals surface area contributed by atoms with Gasteiger partial charge in [-0.1, -0.05) is 0 Å². The second-order valence-electron chi connectivity index (χ2n) is 3.41. The Morgan fingerprint density at radius 1 is 1.64 bits per heavy atom. The average molecular weight is 198 g/mol. The molecule has 0 saturated carbocycles. The van der Waals surface area contributed by atoms with Gasteiger partial charge in [0.2, 0.25) is 0 Å². The zero-order valence-corrected chi connectivity index (χ0v) is 8.21. The van der Waals surface area contributed by atoms with Crippen LogP contribution in [0.3, 0.4) is 0 Å². The summed E-state index contributed by atoms with van der Waals surface area (Å²) < 4.78 is 1.62. The summed E-state index contributed by atoms with van der Waals surface area (Å²) in [6, 6.07) is 1.75. The second-order valence-corrected chi connectivity index (χ2v) is 3.41. The minimum Gasteiger partial charge on any atom is -0.481 e. The van der Waals surface area contributed by atoms with Crippen molar-refractivity contribution in [2.45, 2.75) is 32.4 Å². The highest BCUT2D eigenvalue weighted by Gasteiger charge is 2.17. The van der Waals surface area contributed by atoms with Crippen molar-refractivity contribution in [1.82, 2.24) is 9.78 Å². The highest BCUT2D eigenvalue weighted by molar-refractivity contribution is 5.67. The molecule has 5 heteroatoms. The van der Waals surface area contributed by atoms with E-state index in [1.54, 1.807) is 16.9 Å². The maximum Gasteiger partial charge on any atom is 0.306 e. The lowest BCUT2D eigenvalue weighted by Gasteiger charge is -2.14. The summed E-state index contributed by atoms with van der Waals surface area (Å²) >= 11 is 0. The van der Waals surface area contributed by atoms with Crippen molar-refractivity contribution in [3.8, 4) is 0 Å². The number of carboxylic acids is 1. The molecule has 0 aliphatic carbocycles. The van der Waals surface area contributed by atoms with Gasteiger partial charge >= 0.3 is 5.97 Å². The molecule has 0 spiro atoms. The summed E-state index contributed by atoms with van der Waals surface area (Å²) in [5.74, 6) is -1.02. The van der Waals surface area contributed by atoms with Crippen molar-refractivity contribution in [1.29, 1.82) is 0 Å². The van der Waals surface area contributed by atoms with E-state index in [0.717, 1.165) is 0 Å². The summed E-state index contributed by atoms with van der Waals surface area (Å²) in [5, 5.41) is 22.1. The molecule has 5 nitrogen and oxygen atoms in total. The molecule has 0 aromatic carbocycles. The highest BCUT2D eigenvalue weighted by atomic mass is 16.4. The molecule has 1 aromatic rings. The van der Waals surface area contributed by atoms with Gasteiger partial charge in [0.25, 0.3) is 0 Å².